The second-order valence-electron chi connectivity index (χ2n) is 9.46. The fraction of sp³-hybridized carbons (Fsp3) is 0.462. The third-order valence-corrected chi connectivity index (χ3v) is 7.60. The number of carbonyl (C=O) groups excluding carboxylic acids is 2. The lowest BCUT2D eigenvalue weighted by atomic mass is 9.60. The highest BCUT2D eigenvalue weighted by molar-refractivity contribution is 5.95. The highest BCUT2D eigenvalue weighted by Crippen LogP contribution is 2.55. The molecule has 0 aromatic heterocycles. The van der Waals surface area contributed by atoms with Crippen molar-refractivity contribution in [2.75, 3.05) is 19.7 Å². The van der Waals surface area contributed by atoms with Crippen LogP contribution in [-0.2, 0) is 4.79 Å². The van der Waals surface area contributed by atoms with Crippen molar-refractivity contribution in [2.24, 2.45) is 5.92 Å². The zero-order chi connectivity index (χ0) is 22.3. The molecular weight excluding hydrogens is 407 g/mol. The molecule has 2 aliphatic heterocycles. The lowest BCUT2D eigenvalue weighted by Crippen LogP contribution is -2.86. The number of halogens is 1. The molecule has 1 N–H and O–H groups in total. The molecule has 2 heterocycles. The van der Waals surface area contributed by atoms with Gasteiger partial charge in [-0.3, -0.25) is 9.59 Å². The topological polar surface area (TPSA) is 60.9 Å². The van der Waals surface area contributed by atoms with E-state index in [-0.39, 0.29) is 36.3 Å². The monoisotopic (exact) mass is 436 g/mol. The van der Waals surface area contributed by atoms with Crippen molar-refractivity contribution in [3.63, 3.8) is 0 Å². The van der Waals surface area contributed by atoms with Crippen LogP contribution in [-0.4, -0.2) is 58.0 Å². The average Bonchev–Trinajstić information content (AvgIpc) is 2.79. The Labute approximate surface area is 187 Å². The normalized spacial score (nSPS) is 24.7. The van der Waals surface area contributed by atoms with Crippen LogP contribution in [0.25, 0.3) is 0 Å². The van der Waals surface area contributed by atoms with E-state index in [2.05, 4.69) is 0 Å². The molecule has 1 aliphatic carbocycles. The van der Waals surface area contributed by atoms with Gasteiger partial charge in [0.05, 0.1) is 18.2 Å². The summed E-state index contributed by atoms with van der Waals surface area (Å²) in [6.45, 7) is 0.700. The summed E-state index contributed by atoms with van der Waals surface area (Å²) in [6, 6.07) is 15.4. The molecular formula is C26H29FN2O3. The summed E-state index contributed by atoms with van der Waals surface area (Å²) in [6.07, 6.45) is 5.08. The maximum absolute atomic E-state index is 13.6. The van der Waals surface area contributed by atoms with Gasteiger partial charge in [0, 0.05) is 30.5 Å². The minimum atomic E-state index is -0.508. The van der Waals surface area contributed by atoms with Gasteiger partial charge in [0.1, 0.15) is 5.82 Å². The standard InChI is InChI=1S/C26H29FN2O3/c27-21-13-7-12-20(14-21)24(31)28-16-26(17-28)23(18-8-3-1-4-9-18)22(15-30)29(26)25(32)19-10-5-2-6-11-19/h1,3-4,7-9,12-14,19,22-23,30H,2,5-6,10-11,15-17H2/t22-,23+/m0/s1. The molecule has 5 nitrogen and oxygen atoms in total. The highest BCUT2D eigenvalue weighted by atomic mass is 19.1. The third-order valence-electron chi connectivity index (χ3n) is 7.60. The smallest absolute Gasteiger partial charge is 0.254 e. The number of hydrogen-bond donors (Lipinski definition) is 1. The Morgan fingerprint density at radius 2 is 1.72 bits per heavy atom. The highest BCUT2D eigenvalue weighted by Gasteiger charge is 2.68. The molecule has 0 bridgehead atoms. The van der Waals surface area contributed by atoms with Crippen molar-refractivity contribution in [1.29, 1.82) is 0 Å². The number of amides is 2. The van der Waals surface area contributed by atoms with Gasteiger partial charge in [0.2, 0.25) is 5.91 Å². The van der Waals surface area contributed by atoms with Crippen molar-refractivity contribution in [3.8, 4) is 0 Å². The van der Waals surface area contributed by atoms with Gasteiger partial charge in [-0.05, 0) is 36.6 Å². The van der Waals surface area contributed by atoms with E-state index in [0.717, 1.165) is 31.2 Å². The first-order valence-electron chi connectivity index (χ1n) is 11.6. The Balaban J connectivity index is 1.43. The lowest BCUT2D eigenvalue weighted by molar-refractivity contribution is -0.198. The van der Waals surface area contributed by atoms with Gasteiger partial charge in [-0.2, -0.15) is 0 Å². The van der Waals surface area contributed by atoms with Gasteiger partial charge < -0.3 is 14.9 Å². The summed E-state index contributed by atoms with van der Waals surface area (Å²) in [5.41, 5.74) is 0.892. The average molecular weight is 437 g/mol. The molecule has 0 radical (unpaired) electrons. The van der Waals surface area contributed by atoms with Crippen LogP contribution in [0.4, 0.5) is 4.39 Å². The number of aliphatic hydroxyl groups is 1. The van der Waals surface area contributed by atoms with Gasteiger partial charge in [-0.1, -0.05) is 55.7 Å². The zero-order valence-corrected chi connectivity index (χ0v) is 18.1. The molecule has 3 fully saturated rings. The summed E-state index contributed by atoms with van der Waals surface area (Å²) in [4.78, 5) is 30.2. The van der Waals surface area contributed by atoms with E-state index in [9.17, 15) is 19.1 Å². The van der Waals surface area contributed by atoms with Crippen LogP contribution in [0.15, 0.2) is 54.6 Å². The fourth-order valence-corrected chi connectivity index (χ4v) is 6.13. The second-order valence-corrected chi connectivity index (χ2v) is 9.46. The molecule has 0 unspecified atom stereocenters. The van der Waals surface area contributed by atoms with E-state index in [0.29, 0.717) is 18.7 Å². The quantitative estimate of drug-likeness (QED) is 0.797. The zero-order valence-electron chi connectivity index (χ0n) is 18.1. The molecule has 168 valence electrons. The van der Waals surface area contributed by atoms with Gasteiger partial charge in [-0.15, -0.1) is 0 Å². The maximum atomic E-state index is 13.6. The predicted octanol–water partition coefficient (Wildman–Crippen LogP) is 3.59. The number of carbonyl (C=O) groups is 2. The Morgan fingerprint density at radius 1 is 1.00 bits per heavy atom. The first kappa shape index (κ1) is 21.1. The number of hydrogen-bond acceptors (Lipinski definition) is 3. The molecule has 3 aliphatic rings. The van der Waals surface area contributed by atoms with Crippen LogP contribution < -0.4 is 0 Å². The van der Waals surface area contributed by atoms with Crippen molar-refractivity contribution in [1.82, 2.24) is 9.80 Å². The fourth-order valence-electron chi connectivity index (χ4n) is 6.13. The first-order chi connectivity index (χ1) is 15.5. The largest absolute Gasteiger partial charge is 0.394 e. The van der Waals surface area contributed by atoms with E-state index in [4.69, 9.17) is 0 Å². The molecule has 5 rings (SSSR count). The maximum Gasteiger partial charge on any atom is 0.254 e. The summed E-state index contributed by atoms with van der Waals surface area (Å²) >= 11 is 0. The molecule has 2 amide bonds. The Bertz CT molecular complexity index is 999. The molecule has 2 aromatic rings. The van der Waals surface area contributed by atoms with E-state index in [1.165, 1.54) is 24.6 Å². The van der Waals surface area contributed by atoms with Gasteiger partial charge in [-0.25, -0.2) is 4.39 Å². The molecule has 2 aromatic carbocycles. The van der Waals surface area contributed by atoms with E-state index in [1.807, 2.05) is 35.2 Å². The minimum absolute atomic E-state index is 0.000584. The lowest BCUT2D eigenvalue weighted by Gasteiger charge is -2.71. The van der Waals surface area contributed by atoms with Crippen molar-refractivity contribution < 1.29 is 19.1 Å². The SMILES string of the molecule is O=C(c1cccc(F)c1)N1CC2(C1)[C@H](c1ccccc1)[C@H](CO)N2C(=O)C1CCCCC1. The van der Waals surface area contributed by atoms with Crippen LogP contribution in [0.5, 0.6) is 0 Å². The van der Waals surface area contributed by atoms with Crippen molar-refractivity contribution >= 4 is 11.8 Å². The molecule has 32 heavy (non-hydrogen) atoms. The van der Waals surface area contributed by atoms with Crippen LogP contribution in [0.2, 0.25) is 0 Å². The molecule has 2 atom stereocenters. The first-order valence-corrected chi connectivity index (χ1v) is 11.6. The number of aliphatic hydroxyl groups excluding tert-OH is 1. The van der Waals surface area contributed by atoms with Gasteiger partial charge in [0.15, 0.2) is 0 Å². The Morgan fingerprint density at radius 3 is 2.38 bits per heavy atom. The molecule has 2 saturated heterocycles. The van der Waals surface area contributed by atoms with Crippen LogP contribution in [0.1, 0.15) is 53.9 Å². The summed E-state index contributed by atoms with van der Waals surface area (Å²) in [5.74, 6) is -0.572. The summed E-state index contributed by atoms with van der Waals surface area (Å²) in [5, 5.41) is 10.3. The van der Waals surface area contributed by atoms with E-state index < -0.39 is 11.4 Å². The van der Waals surface area contributed by atoms with Gasteiger partial charge in [0.25, 0.3) is 5.91 Å². The number of nitrogens with zero attached hydrogens (tertiary/aromatic N) is 2. The van der Waals surface area contributed by atoms with Gasteiger partial charge >= 0.3 is 0 Å². The summed E-state index contributed by atoms with van der Waals surface area (Å²) < 4.78 is 13.6. The summed E-state index contributed by atoms with van der Waals surface area (Å²) in [7, 11) is 0. The van der Waals surface area contributed by atoms with Crippen molar-refractivity contribution in [2.45, 2.75) is 49.6 Å². The molecule has 1 spiro atoms. The van der Waals surface area contributed by atoms with E-state index >= 15 is 0 Å². The minimum Gasteiger partial charge on any atom is -0.394 e. The third kappa shape index (κ3) is 3.32. The molecule has 6 heteroatoms. The predicted molar refractivity (Wildman–Crippen MR) is 119 cm³/mol. The van der Waals surface area contributed by atoms with Crippen LogP contribution in [0.3, 0.4) is 0 Å². The molecule has 1 saturated carbocycles. The van der Waals surface area contributed by atoms with E-state index in [1.54, 1.807) is 11.0 Å². The van der Waals surface area contributed by atoms with Crippen LogP contribution in [0, 0.1) is 11.7 Å². The number of rotatable bonds is 4. The van der Waals surface area contributed by atoms with Crippen LogP contribution >= 0.6 is 0 Å². The Hall–Kier alpha value is -2.73. The number of benzene rings is 2. The number of likely N-dealkylation sites (tertiary alicyclic amines) is 2. The second kappa shape index (κ2) is 8.32. The van der Waals surface area contributed by atoms with Crippen molar-refractivity contribution in [3.05, 3.63) is 71.5 Å². The Kier molecular flexibility index (Phi) is 5.49.